The van der Waals surface area contributed by atoms with Crippen molar-refractivity contribution >= 4 is 0 Å². The SMILES string of the molecule is NCC(c1ccc(OCc2ccccc2)cc1)N1CCOCC1. The molecule has 1 atom stereocenters. The molecular weight excluding hydrogens is 288 g/mol. The highest BCUT2D eigenvalue weighted by atomic mass is 16.5. The summed E-state index contributed by atoms with van der Waals surface area (Å²) in [4.78, 5) is 2.39. The topological polar surface area (TPSA) is 47.7 Å². The third-order valence-corrected chi connectivity index (χ3v) is 4.22. The summed E-state index contributed by atoms with van der Waals surface area (Å²) in [6.45, 7) is 4.65. The molecule has 0 radical (unpaired) electrons. The molecule has 0 bridgehead atoms. The summed E-state index contributed by atoms with van der Waals surface area (Å²) in [6.07, 6.45) is 0. The van der Waals surface area contributed by atoms with Gasteiger partial charge in [-0.1, -0.05) is 42.5 Å². The highest BCUT2D eigenvalue weighted by molar-refractivity contribution is 5.30. The highest BCUT2D eigenvalue weighted by Gasteiger charge is 2.21. The van der Waals surface area contributed by atoms with E-state index in [4.69, 9.17) is 15.2 Å². The van der Waals surface area contributed by atoms with Gasteiger partial charge in [0.05, 0.1) is 13.2 Å². The lowest BCUT2D eigenvalue weighted by Gasteiger charge is -2.34. The smallest absolute Gasteiger partial charge is 0.119 e. The van der Waals surface area contributed by atoms with Gasteiger partial charge in [0.15, 0.2) is 0 Å². The largest absolute Gasteiger partial charge is 0.489 e. The van der Waals surface area contributed by atoms with E-state index in [1.807, 2.05) is 30.3 Å². The summed E-state index contributed by atoms with van der Waals surface area (Å²) in [5.41, 5.74) is 8.40. The summed E-state index contributed by atoms with van der Waals surface area (Å²) in [5.74, 6) is 0.885. The molecular formula is C19H24N2O2. The Labute approximate surface area is 137 Å². The number of rotatable bonds is 6. The predicted molar refractivity (Wildman–Crippen MR) is 91.4 cm³/mol. The number of nitrogens with two attached hydrogens (primary N) is 1. The van der Waals surface area contributed by atoms with Crippen LogP contribution in [-0.2, 0) is 11.3 Å². The number of nitrogens with zero attached hydrogens (tertiary/aromatic N) is 1. The van der Waals surface area contributed by atoms with Crippen molar-refractivity contribution in [3.63, 3.8) is 0 Å². The molecule has 23 heavy (non-hydrogen) atoms. The lowest BCUT2D eigenvalue weighted by Crippen LogP contribution is -2.41. The van der Waals surface area contributed by atoms with Crippen LogP contribution in [0.1, 0.15) is 17.2 Å². The molecule has 4 nitrogen and oxygen atoms in total. The van der Waals surface area contributed by atoms with Crippen LogP contribution < -0.4 is 10.5 Å². The second-order valence-electron chi connectivity index (χ2n) is 5.74. The molecule has 1 saturated heterocycles. The lowest BCUT2D eigenvalue weighted by molar-refractivity contribution is 0.0179. The van der Waals surface area contributed by atoms with Gasteiger partial charge in [0.25, 0.3) is 0 Å². The monoisotopic (exact) mass is 312 g/mol. The lowest BCUT2D eigenvalue weighted by atomic mass is 10.0. The van der Waals surface area contributed by atoms with Crippen molar-refractivity contribution in [2.45, 2.75) is 12.6 Å². The van der Waals surface area contributed by atoms with Gasteiger partial charge in [-0.15, -0.1) is 0 Å². The molecule has 2 N–H and O–H groups in total. The molecule has 0 aliphatic carbocycles. The minimum atomic E-state index is 0.252. The average Bonchev–Trinajstić information content (AvgIpc) is 2.63. The van der Waals surface area contributed by atoms with Gasteiger partial charge in [-0.3, -0.25) is 4.90 Å². The Morgan fingerprint density at radius 3 is 2.35 bits per heavy atom. The van der Waals surface area contributed by atoms with E-state index in [0.29, 0.717) is 13.2 Å². The van der Waals surface area contributed by atoms with Gasteiger partial charge >= 0.3 is 0 Å². The number of benzene rings is 2. The first-order valence-corrected chi connectivity index (χ1v) is 8.15. The predicted octanol–water partition coefficient (Wildman–Crippen LogP) is 2.60. The first-order valence-electron chi connectivity index (χ1n) is 8.15. The number of ether oxygens (including phenoxy) is 2. The van der Waals surface area contributed by atoms with Gasteiger partial charge in [-0.25, -0.2) is 0 Å². The van der Waals surface area contributed by atoms with E-state index in [2.05, 4.69) is 29.2 Å². The molecule has 1 heterocycles. The van der Waals surface area contributed by atoms with Crippen LogP contribution in [0.4, 0.5) is 0 Å². The maximum atomic E-state index is 5.99. The van der Waals surface area contributed by atoms with Crippen LogP contribution in [0, 0.1) is 0 Å². The standard InChI is InChI=1S/C19H24N2O2/c20-14-19(21-10-12-22-13-11-21)17-6-8-18(9-7-17)23-15-16-4-2-1-3-5-16/h1-9,19H,10-15,20H2. The zero-order valence-corrected chi connectivity index (χ0v) is 13.4. The second kappa shape index (κ2) is 8.11. The van der Waals surface area contributed by atoms with Crippen molar-refractivity contribution in [1.29, 1.82) is 0 Å². The van der Waals surface area contributed by atoms with Crippen molar-refractivity contribution in [3.8, 4) is 5.75 Å². The van der Waals surface area contributed by atoms with E-state index in [9.17, 15) is 0 Å². The van der Waals surface area contributed by atoms with Gasteiger partial charge in [-0.05, 0) is 23.3 Å². The highest BCUT2D eigenvalue weighted by Crippen LogP contribution is 2.23. The van der Waals surface area contributed by atoms with E-state index in [1.165, 1.54) is 11.1 Å². The molecule has 0 spiro atoms. The number of hydrogen-bond donors (Lipinski definition) is 1. The van der Waals surface area contributed by atoms with Gasteiger partial charge in [0.2, 0.25) is 0 Å². The van der Waals surface area contributed by atoms with E-state index in [-0.39, 0.29) is 6.04 Å². The van der Waals surface area contributed by atoms with Gasteiger partial charge < -0.3 is 15.2 Å². The molecule has 0 saturated carbocycles. The van der Waals surface area contributed by atoms with E-state index in [1.54, 1.807) is 0 Å². The molecule has 1 aliphatic heterocycles. The first kappa shape index (κ1) is 16.0. The van der Waals surface area contributed by atoms with E-state index in [0.717, 1.165) is 32.1 Å². The van der Waals surface area contributed by atoms with Gasteiger partial charge in [-0.2, -0.15) is 0 Å². The summed E-state index contributed by atoms with van der Waals surface area (Å²) < 4.78 is 11.3. The van der Waals surface area contributed by atoms with Crippen molar-refractivity contribution in [1.82, 2.24) is 4.90 Å². The van der Waals surface area contributed by atoms with Crippen LogP contribution in [-0.4, -0.2) is 37.7 Å². The quantitative estimate of drug-likeness (QED) is 0.891. The molecule has 0 amide bonds. The number of hydrogen-bond acceptors (Lipinski definition) is 4. The third kappa shape index (κ3) is 4.32. The van der Waals surface area contributed by atoms with Crippen LogP contribution in [0.25, 0.3) is 0 Å². The Balaban J connectivity index is 1.61. The molecule has 122 valence electrons. The van der Waals surface area contributed by atoms with E-state index < -0.39 is 0 Å². The van der Waals surface area contributed by atoms with Crippen molar-refractivity contribution in [2.75, 3.05) is 32.8 Å². The Morgan fingerprint density at radius 2 is 1.70 bits per heavy atom. The van der Waals surface area contributed by atoms with Crippen LogP contribution >= 0.6 is 0 Å². The summed E-state index contributed by atoms with van der Waals surface area (Å²) >= 11 is 0. The third-order valence-electron chi connectivity index (χ3n) is 4.22. The molecule has 3 rings (SSSR count). The molecule has 1 fully saturated rings. The minimum Gasteiger partial charge on any atom is -0.489 e. The summed E-state index contributed by atoms with van der Waals surface area (Å²) in [7, 11) is 0. The van der Waals surface area contributed by atoms with Gasteiger partial charge in [0, 0.05) is 25.7 Å². The Bertz CT molecular complexity index is 580. The Hall–Kier alpha value is -1.88. The van der Waals surface area contributed by atoms with Crippen LogP contribution in [0.2, 0.25) is 0 Å². The first-order chi connectivity index (χ1) is 11.4. The van der Waals surface area contributed by atoms with Crippen molar-refractivity contribution < 1.29 is 9.47 Å². The summed E-state index contributed by atoms with van der Waals surface area (Å²) in [5, 5.41) is 0. The van der Waals surface area contributed by atoms with Gasteiger partial charge in [0.1, 0.15) is 12.4 Å². The Morgan fingerprint density at radius 1 is 1.00 bits per heavy atom. The van der Waals surface area contributed by atoms with Crippen LogP contribution in [0.3, 0.4) is 0 Å². The zero-order valence-electron chi connectivity index (χ0n) is 13.4. The van der Waals surface area contributed by atoms with Crippen molar-refractivity contribution in [3.05, 3.63) is 65.7 Å². The molecule has 0 aromatic heterocycles. The number of morpholine rings is 1. The summed E-state index contributed by atoms with van der Waals surface area (Å²) in [6, 6.07) is 18.7. The molecule has 1 unspecified atom stereocenters. The minimum absolute atomic E-state index is 0.252. The fourth-order valence-corrected chi connectivity index (χ4v) is 2.91. The zero-order chi connectivity index (χ0) is 15.9. The second-order valence-corrected chi connectivity index (χ2v) is 5.74. The fourth-order valence-electron chi connectivity index (χ4n) is 2.91. The van der Waals surface area contributed by atoms with Crippen LogP contribution in [0.15, 0.2) is 54.6 Å². The maximum Gasteiger partial charge on any atom is 0.119 e. The molecule has 4 heteroatoms. The maximum absolute atomic E-state index is 5.99. The van der Waals surface area contributed by atoms with Crippen LogP contribution in [0.5, 0.6) is 5.75 Å². The van der Waals surface area contributed by atoms with Crippen molar-refractivity contribution in [2.24, 2.45) is 5.73 Å². The fraction of sp³-hybridized carbons (Fsp3) is 0.368. The molecule has 1 aliphatic rings. The Kier molecular flexibility index (Phi) is 5.64. The normalized spacial score (nSPS) is 16.9. The molecule has 2 aromatic carbocycles. The van der Waals surface area contributed by atoms with E-state index >= 15 is 0 Å². The molecule has 2 aromatic rings. The average molecular weight is 312 g/mol.